The van der Waals surface area contributed by atoms with Crippen molar-refractivity contribution in [3.05, 3.63) is 81.4 Å². The molecule has 1 aliphatic rings. The Kier molecular flexibility index (Phi) is 9.34. The molecule has 1 aliphatic heterocycles. The van der Waals surface area contributed by atoms with E-state index in [1.54, 1.807) is 37.6 Å². The molecule has 0 amide bonds. The second-order valence-corrected chi connectivity index (χ2v) is 10.0. The summed E-state index contributed by atoms with van der Waals surface area (Å²) >= 11 is 0. The van der Waals surface area contributed by atoms with Crippen molar-refractivity contribution < 1.29 is 43.2 Å². The van der Waals surface area contributed by atoms with Crippen molar-refractivity contribution in [1.29, 1.82) is 0 Å². The fourth-order valence-electron chi connectivity index (χ4n) is 3.88. The highest BCUT2D eigenvalue weighted by Crippen LogP contribution is 2.46. The summed E-state index contributed by atoms with van der Waals surface area (Å²) in [5.41, 5.74) is 0.696. The van der Waals surface area contributed by atoms with Gasteiger partial charge >= 0.3 is 22.9 Å². The smallest absolute Gasteiger partial charge is 0.337 e. The van der Waals surface area contributed by atoms with Crippen LogP contribution in [0.5, 0.6) is 5.75 Å². The molecule has 38 heavy (non-hydrogen) atoms. The van der Waals surface area contributed by atoms with Crippen LogP contribution in [0.4, 0.5) is 0 Å². The number of hydrogen-bond acceptors (Lipinski definition) is 12. The lowest BCUT2D eigenvalue weighted by Gasteiger charge is -2.19. The Morgan fingerprint density at radius 2 is 1.76 bits per heavy atom. The highest BCUT2D eigenvalue weighted by atomic mass is 31.2. The van der Waals surface area contributed by atoms with E-state index in [0.29, 0.717) is 11.4 Å². The molecule has 0 saturated carbocycles. The van der Waals surface area contributed by atoms with Gasteiger partial charge in [-0.3, -0.25) is 18.9 Å². The topological polar surface area (TPSA) is 195 Å². The predicted molar refractivity (Wildman–Crippen MR) is 134 cm³/mol. The summed E-state index contributed by atoms with van der Waals surface area (Å²) in [6, 6.07) is 12.0. The van der Waals surface area contributed by atoms with Gasteiger partial charge in [-0.15, -0.1) is 0 Å². The van der Waals surface area contributed by atoms with Crippen molar-refractivity contribution in [2.75, 3.05) is 13.7 Å². The van der Waals surface area contributed by atoms with E-state index in [1.807, 2.05) is 12.1 Å². The molecule has 1 saturated heterocycles. The van der Waals surface area contributed by atoms with Gasteiger partial charge in [0, 0.05) is 18.5 Å². The molecule has 204 valence electrons. The quantitative estimate of drug-likeness (QED) is 0.209. The molecule has 1 aromatic carbocycles. The average Bonchev–Trinajstić information content (AvgIpc) is 3.18. The third kappa shape index (κ3) is 6.50. The van der Waals surface area contributed by atoms with E-state index >= 15 is 0 Å². The van der Waals surface area contributed by atoms with E-state index in [-0.39, 0.29) is 6.54 Å². The van der Waals surface area contributed by atoms with Crippen LogP contribution in [0.15, 0.2) is 64.4 Å². The standard InChI is InChI=1S/C22H25N3O11P2/c1-33-16-4-2-13(3-5-16)14-6-8-23-15(10-14)11-25-18(26)7-9-24(22(25)29)21-20(28)19(27)17(35-21)12-34-38(32)36-37(30)31/h2-10,17,19-21,27-28,30-32H,11-12H2,1H3. The Morgan fingerprint density at radius 1 is 1.03 bits per heavy atom. The van der Waals surface area contributed by atoms with Crippen LogP contribution in [0.3, 0.4) is 0 Å². The van der Waals surface area contributed by atoms with Crippen LogP contribution in [0.25, 0.3) is 11.1 Å². The summed E-state index contributed by atoms with van der Waals surface area (Å²) in [5, 5.41) is 20.8. The minimum Gasteiger partial charge on any atom is -0.497 e. The molecule has 2 aromatic heterocycles. The third-order valence-corrected chi connectivity index (χ3v) is 7.27. The Hall–Kier alpha value is -2.61. The van der Waals surface area contributed by atoms with Gasteiger partial charge in [-0.2, -0.15) is 0 Å². The zero-order chi connectivity index (χ0) is 27.4. The van der Waals surface area contributed by atoms with Crippen LogP contribution in [0.1, 0.15) is 11.9 Å². The number of methoxy groups -OCH3 is 1. The number of hydrogen-bond donors (Lipinski definition) is 5. The van der Waals surface area contributed by atoms with Gasteiger partial charge in [0.05, 0.1) is 26.0 Å². The number of aliphatic hydroxyl groups is 2. The molecule has 0 aliphatic carbocycles. The van der Waals surface area contributed by atoms with Crippen LogP contribution in [0.2, 0.25) is 0 Å². The SMILES string of the molecule is COc1ccc(-c2ccnc(Cn3c(=O)ccn(C4OC(COP(O)OP(O)O)C(O)C4O)c3=O)c2)cc1. The fourth-order valence-corrected chi connectivity index (χ4v) is 4.84. The monoisotopic (exact) mass is 569 g/mol. The first-order valence-electron chi connectivity index (χ1n) is 11.1. The molecule has 1 fully saturated rings. The van der Waals surface area contributed by atoms with E-state index in [4.69, 9.17) is 23.8 Å². The molecule has 0 spiro atoms. The third-order valence-electron chi connectivity index (χ3n) is 5.76. The molecule has 5 N–H and O–H groups in total. The van der Waals surface area contributed by atoms with Gasteiger partial charge < -0.3 is 38.9 Å². The van der Waals surface area contributed by atoms with Crippen LogP contribution < -0.4 is 16.0 Å². The number of benzene rings is 1. The maximum Gasteiger partial charge on any atom is 0.337 e. The lowest BCUT2D eigenvalue weighted by molar-refractivity contribution is -0.0530. The molecule has 0 radical (unpaired) electrons. The van der Waals surface area contributed by atoms with Crippen molar-refractivity contribution in [1.82, 2.24) is 14.1 Å². The number of rotatable bonds is 10. The summed E-state index contributed by atoms with van der Waals surface area (Å²) in [4.78, 5) is 57.1. The van der Waals surface area contributed by atoms with Crippen LogP contribution >= 0.6 is 17.2 Å². The highest BCUT2D eigenvalue weighted by Gasteiger charge is 2.44. The molecule has 5 atom stereocenters. The number of pyridine rings is 1. The molecule has 14 nitrogen and oxygen atoms in total. The van der Waals surface area contributed by atoms with Crippen molar-refractivity contribution in [3.8, 4) is 16.9 Å². The molecule has 5 unspecified atom stereocenters. The minimum absolute atomic E-state index is 0.169. The second kappa shape index (κ2) is 12.5. The highest BCUT2D eigenvalue weighted by molar-refractivity contribution is 7.54. The van der Waals surface area contributed by atoms with E-state index in [2.05, 4.69) is 9.29 Å². The number of nitrogens with zero attached hydrogens (tertiary/aromatic N) is 3. The van der Waals surface area contributed by atoms with Crippen molar-refractivity contribution in [2.45, 2.75) is 31.1 Å². The molecular weight excluding hydrogens is 544 g/mol. The van der Waals surface area contributed by atoms with Crippen molar-refractivity contribution >= 4 is 17.2 Å². The van der Waals surface area contributed by atoms with Gasteiger partial charge in [-0.1, -0.05) is 12.1 Å². The van der Waals surface area contributed by atoms with Crippen LogP contribution in [0, 0.1) is 0 Å². The Bertz CT molecular complexity index is 1350. The van der Waals surface area contributed by atoms with Crippen molar-refractivity contribution in [3.63, 3.8) is 0 Å². The number of aromatic nitrogens is 3. The lowest BCUT2D eigenvalue weighted by atomic mass is 10.1. The number of ether oxygens (including phenoxy) is 2. The van der Waals surface area contributed by atoms with E-state index in [1.165, 1.54) is 0 Å². The molecular formula is C22H25N3O11P2. The van der Waals surface area contributed by atoms with E-state index < -0.39 is 59.6 Å². The summed E-state index contributed by atoms with van der Waals surface area (Å²) in [6.07, 6.45) is -2.99. The maximum atomic E-state index is 13.2. The van der Waals surface area contributed by atoms with Gasteiger partial charge in [0.15, 0.2) is 6.23 Å². The molecule has 16 heteroatoms. The fraction of sp³-hybridized carbons (Fsp3) is 0.318. The number of aliphatic hydroxyl groups excluding tert-OH is 2. The van der Waals surface area contributed by atoms with Gasteiger partial charge in [0.2, 0.25) is 0 Å². The maximum absolute atomic E-state index is 13.2. The minimum atomic E-state index is -2.87. The Labute approximate surface area is 217 Å². The summed E-state index contributed by atoms with van der Waals surface area (Å²) in [6.45, 7) is -0.658. The first-order valence-corrected chi connectivity index (χ1v) is 13.4. The zero-order valence-corrected chi connectivity index (χ0v) is 21.6. The predicted octanol–water partition coefficient (Wildman–Crippen LogP) is 0.212. The van der Waals surface area contributed by atoms with E-state index in [9.17, 15) is 24.7 Å². The molecule has 0 bridgehead atoms. The zero-order valence-electron chi connectivity index (χ0n) is 19.8. The molecule has 3 heterocycles. The normalized spacial score (nSPS) is 22.1. The summed E-state index contributed by atoms with van der Waals surface area (Å²) < 4.78 is 21.8. The van der Waals surface area contributed by atoms with Crippen LogP contribution in [-0.4, -0.2) is 71.0 Å². The first kappa shape index (κ1) is 28.4. The molecule has 4 rings (SSSR count). The second-order valence-electron chi connectivity index (χ2n) is 8.11. The average molecular weight is 569 g/mol. The Balaban J connectivity index is 1.53. The lowest BCUT2D eigenvalue weighted by Crippen LogP contribution is -2.43. The van der Waals surface area contributed by atoms with Gasteiger partial charge in [-0.25, -0.2) is 9.11 Å². The Morgan fingerprint density at radius 3 is 2.45 bits per heavy atom. The molecule has 3 aromatic rings. The summed E-state index contributed by atoms with van der Waals surface area (Å²) in [5.74, 6) is 0.699. The van der Waals surface area contributed by atoms with Gasteiger partial charge in [0.25, 0.3) is 5.56 Å². The van der Waals surface area contributed by atoms with E-state index in [0.717, 1.165) is 32.5 Å². The summed E-state index contributed by atoms with van der Waals surface area (Å²) in [7, 11) is -3.97. The van der Waals surface area contributed by atoms with Gasteiger partial charge in [-0.05, 0) is 35.4 Å². The van der Waals surface area contributed by atoms with Crippen molar-refractivity contribution in [2.24, 2.45) is 0 Å². The first-order chi connectivity index (χ1) is 18.2. The van der Waals surface area contributed by atoms with Gasteiger partial charge in [0.1, 0.15) is 24.1 Å². The van der Waals surface area contributed by atoms with Crippen LogP contribution in [-0.2, 0) is 20.1 Å². The largest absolute Gasteiger partial charge is 0.497 e.